The van der Waals surface area contributed by atoms with Crippen molar-refractivity contribution in [1.29, 1.82) is 0 Å². The fourth-order valence-corrected chi connectivity index (χ4v) is 2.60. The minimum atomic E-state index is -0.845. The molecule has 0 bridgehead atoms. The number of carbonyl (C=O) groups is 2. The molecule has 10 heteroatoms. The van der Waals surface area contributed by atoms with Crippen LogP contribution >= 0.6 is 0 Å². The van der Waals surface area contributed by atoms with Gasteiger partial charge >= 0.3 is 11.9 Å². The highest BCUT2D eigenvalue weighted by Gasteiger charge is 2.24. The van der Waals surface area contributed by atoms with Crippen molar-refractivity contribution in [3.63, 3.8) is 0 Å². The van der Waals surface area contributed by atoms with Crippen molar-refractivity contribution < 1.29 is 33.7 Å². The van der Waals surface area contributed by atoms with E-state index in [4.69, 9.17) is 19.6 Å². The summed E-state index contributed by atoms with van der Waals surface area (Å²) in [5, 5.41) is 19.2. The van der Waals surface area contributed by atoms with E-state index in [9.17, 15) is 19.8 Å². The number of carbonyl (C=O) groups excluding carboxylic acids is 2. The van der Waals surface area contributed by atoms with E-state index in [1.807, 2.05) is 0 Å². The standard InChI is InChI=1S/C18H17N3O7/c1-3-26-18(25)13-8(2)28-16-14(13)15(19)20-12(21-16)7-27-17(24)10-5-4-9(22)6-11(10)23/h4-6,22-23H,3,7H2,1-2H3,(H2,19,20,21). The maximum atomic E-state index is 12.1. The van der Waals surface area contributed by atoms with Crippen molar-refractivity contribution in [1.82, 2.24) is 9.97 Å². The lowest BCUT2D eigenvalue weighted by molar-refractivity contribution is 0.0458. The highest BCUT2D eigenvalue weighted by molar-refractivity contribution is 6.07. The van der Waals surface area contributed by atoms with Crippen molar-refractivity contribution in [2.75, 3.05) is 12.3 Å². The number of fused-ring (bicyclic) bond motifs is 1. The Hall–Kier alpha value is -3.82. The number of nitrogens with zero attached hydrogens (tertiary/aromatic N) is 2. The van der Waals surface area contributed by atoms with Gasteiger partial charge in [0, 0.05) is 6.07 Å². The Balaban J connectivity index is 1.85. The molecule has 3 rings (SSSR count). The monoisotopic (exact) mass is 387 g/mol. The second-order valence-electron chi connectivity index (χ2n) is 5.74. The van der Waals surface area contributed by atoms with E-state index in [1.54, 1.807) is 13.8 Å². The van der Waals surface area contributed by atoms with Crippen molar-refractivity contribution in [2.24, 2.45) is 0 Å². The van der Waals surface area contributed by atoms with Gasteiger partial charge in [-0.05, 0) is 26.0 Å². The Bertz CT molecular complexity index is 1070. The summed E-state index contributed by atoms with van der Waals surface area (Å²) in [6.07, 6.45) is 0. The highest BCUT2D eigenvalue weighted by atomic mass is 16.5. The van der Waals surface area contributed by atoms with Gasteiger partial charge in [-0.2, -0.15) is 4.98 Å². The number of phenols is 2. The average Bonchev–Trinajstić information content (AvgIpc) is 2.96. The lowest BCUT2D eigenvalue weighted by atomic mass is 10.2. The van der Waals surface area contributed by atoms with Crippen LogP contribution in [-0.2, 0) is 16.1 Å². The average molecular weight is 387 g/mol. The summed E-state index contributed by atoms with van der Waals surface area (Å²) in [4.78, 5) is 32.3. The molecule has 0 fully saturated rings. The molecule has 0 aliphatic heterocycles. The molecule has 2 heterocycles. The first-order valence-corrected chi connectivity index (χ1v) is 8.23. The molecule has 0 saturated heterocycles. The zero-order valence-corrected chi connectivity index (χ0v) is 15.1. The van der Waals surface area contributed by atoms with Gasteiger partial charge in [0.05, 0.1) is 12.0 Å². The third-order valence-corrected chi connectivity index (χ3v) is 3.82. The molecule has 0 aliphatic carbocycles. The number of hydrogen-bond donors (Lipinski definition) is 3. The maximum Gasteiger partial charge on any atom is 0.342 e. The second kappa shape index (κ2) is 7.43. The molecule has 28 heavy (non-hydrogen) atoms. The third-order valence-electron chi connectivity index (χ3n) is 3.82. The van der Waals surface area contributed by atoms with Gasteiger partial charge < -0.3 is 29.8 Å². The van der Waals surface area contributed by atoms with Crippen molar-refractivity contribution in [2.45, 2.75) is 20.5 Å². The van der Waals surface area contributed by atoms with Gasteiger partial charge in [-0.1, -0.05) is 0 Å². The van der Waals surface area contributed by atoms with E-state index in [2.05, 4.69) is 9.97 Å². The van der Waals surface area contributed by atoms with Gasteiger partial charge in [-0.3, -0.25) is 0 Å². The van der Waals surface area contributed by atoms with Gasteiger partial charge in [-0.15, -0.1) is 0 Å². The second-order valence-corrected chi connectivity index (χ2v) is 5.74. The van der Waals surface area contributed by atoms with E-state index in [0.717, 1.165) is 6.07 Å². The van der Waals surface area contributed by atoms with Crippen LogP contribution in [0.15, 0.2) is 22.6 Å². The van der Waals surface area contributed by atoms with Crippen LogP contribution in [-0.4, -0.2) is 38.7 Å². The van der Waals surface area contributed by atoms with E-state index in [0.29, 0.717) is 0 Å². The number of esters is 2. The highest BCUT2D eigenvalue weighted by Crippen LogP contribution is 2.29. The molecule has 1 aromatic carbocycles. The smallest absolute Gasteiger partial charge is 0.342 e. The molecule has 0 atom stereocenters. The van der Waals surface area contributed by atoms with Crippen LogP contribution in [0.25, 0.3) is 11.1 Å². The zero-order chi connectivity index (χ0) is 20.4. The first-order chi connectivity index (χ1) is 13.3. The first kappa shape index (κ1) is 19.0. The number of aromatic nitrogens is 2. The van der Waals surface area contributed by atoms with Crippen LogP contribution in [0, 0.1) is 6.92 Å². The number of nitrogens with two attached hydrogens (primary N) is 1. The van der Waals surface area contributed by atoms with Gasteiger partial charge in [0.15, 0.2) is 12.4 Å². The van der Waals surface area contributed by atoms with E-state index >= 15 is 0 Å². The summed E-state index contributed by atoms with van der Waals surface area (Å²) in [5.41, 5.74) is 6.01. The van der Waals surface area contributed by atoms with Crippen molar-refractivity contribution >= 4 is 28.9 Å². The first-order valence-electron chi connectivity index (χ1n) is 8.23. The normalized spacial score (nSPS) is 10.8. The summed E-state index contributed by atoms with van der Waals surface area (Å²) in [6, 6.07) is 3.46. The molecule has 0 radical (unpaired) electrons. The lowest BCUT2D eigenvalue weighted by Gasteiger charge is -2.07. The van der Waals surface area contributed by atoms with Gasteiger partial charge in [0.25, 0.3) is 0 Å². The number of aryl methyl sites for hydroxylation is 1. The molecule has 0 spiro atoms. The summed E-state index contributed by atoms with van der Waals surface area (Å²) < 4.78 is 15.5. The van der Waals surface area contributed by atoms with E-state index in [-0.39, 0.29) is 58.6 Å². The van der Waals surface area contributed by atoms with Crippen LogP contribution in [0.4, 0.5) is 5.82 Å². The zero-order valence-electron chi connectivity index (χ0n) is 15.1. The maximum absolute atomic E-state index is 12.1. The number of nitrogen functional groups attached to an aromatic ring is 1. The molecule has 0 amide bonds. The predicted molar refractivity (Wildman–Crippen MR) is 95.8 cm³/mol. The Morgan fingerprint density at radius 2 is 1.93 bits per heavy atom. The number of rotatable bonds is 5. The van der Waals surface area contributed by atoms with Crippen LogP contribution in [0.5, 0.6) is 11.5 Å². The number of ether oxygens (including phenoxy) is 2. The predicted octanol–water partition coefficient (Wildman–Crippen LogP) is 2.06. The molecular weight excluding hydrogens is 370 g/mol. The topological polar surface area (TPSA) is 158 Å². The fourth-order valence-electron chi connectivity index (χ4n) is 2.60. The van der Waals surface area contributed by atoms with Gasteiger partial charge in [0.2, 0.25) is 5.71 Å². The fraction of sp³-hybridized carbons (Fsp3) is 0.222. The molecule has 0 unspecified atom stereocenters. The summed E-state index contributed by atoms with van der Waals surface area (Å²) in [6.45, 7) is 3.08. The minimum Gasteiger partial charge on any atom is -0.508 e. The third kappa shape index (κ3) is 3.52. The molecule has 10 nitrogen and oxygen atoms in total. The summed E-state index contributed by atoms with van der Waals surface area (Å²) in [7, 11) is 0. The largest absolute Gasteiger partial charge is 0.508 e. The van der Waals surface area contributed by atoms with E-state index in [1.165, 1.54) is 12.1 Å². The Labute approximate surface area is 158 Å². The SMILES string of the molecule is CCOC(=O)c1c(C)oc2nc(COC(=O)c3ccc(O)cc3O)nc(N)c12. The van der Waals surface area contributed by atoms with Gasteiger partial charge in [0.1, 0.15) is 34.2 Å². The van der Waals surface area contributed by atoms with Crippen LogP contribution in [0.3, 0.4) is 0 Å². The summed E-state index contributed by atoms with van der Waals surface area (Å²) in [5.74, 6) is -1.77. The Morgan fingerprint density at radius 3 is 2.61 bits per heavy atom. The van der Waals surface area contributed by atoms with Crippen LogP contribution in [0.1, 0.15) is 39.2 Å². The molecule has 3 aromatic rings. The van der Waals surface area contributed by atoms with Crippen molar-refractivity contribution in [3.05, 3.63) is 40.9 Å². The number of furan rings is 1. The van der Waals surface area contributed by atoms with Crippen LogP contribution in [0.2, 0.25) is 0 Å². The molecule has 0 aliphatic rings. The molecule has 0 saturated carbocycles. The lowest BCUT2D eigenvalue weighted by Crippen LogP contribution is -2.10. The molecule has 146 valence electrons. The van der Waals surface area contributed by atoms with Gasteiger partial charge in [-0.25, -0.2) is 14.6 Å². The molecule has 2 aromatic heterocycles. The number of aromatic hydroxyl groups is 2. The minimum absolute atomic E-state index is 0.0246. The van der Waals surface area contributed by atoms with Crippen molar-refractivity contribution in [3.8, 4) is 11.5 Å². The Morgan fingerprint density at radius 1 is 1.18 bits per heavy atom. The number of hydrogen-bond acceptors (Lipinski definition) is 10. The van der Waals surface area contributed by atoms with Crippen LogP contribution < -0.4 is 5.73 Å². The quantitative estimate of drug-likeness (QED) is 0.553. The molecule has 4 N–H and O–H groups in total. The Kier molecular flexibility index (Phi) is 5.03. The summed E-state index contributed by atoms with van der Waals surface area (Å²) >= 11 is 0. The number of benzene rings is 1. The number of phenolic OH excluding ortho intramolecular Hbond substituents is 2. The number of anilines is 1. The molecular formula is C18H17N3O7. The van der Waals surface area contributed by atoms with E-state index < -0.39 is 17.7 Å².